The van der Waals surface area contributed by atoms with E-state index in [1.54, 1.807) is 0 Å². The molecule has 0 amide bonds. The van der Waals surface area contributed by atoms with Crippen molar-refractivity contribution in [1.29, 1.82) is 0 Å². The van der Waals surface area contributed by atoms with Gasteiger partial charge in [-0.15, -0.1) is 0 Å². The summed E-state index contributed by atoms with van der Waals surface area (Å²) < 4.78 is 0. The van der Waals surface area contributed by atoms with Gasteiger partial charge in [-0.05, 0) is 146 Å². The first-order chi connectivity index (χ1) is 31.2. The zero-order valence-electron chi connectivity index (χ0n) is 35.4. The predicted octanol–water partition coefficient (Wildman–Crippen LogP) is 17.8. The molecule has 11 aromatic rings. The Morgan fingerprint density at radius 2 is 0.714 bits per heavy atom. The molecule has 0 aromatic heterocycles. The van der Waals surface area contributed by atoms with Crippen molar-refractivity contribution in [1.82, 2.24) is 0 Å². The minimum atomic E-state index is 1.07. The van der Waals surface area contributed by atoms with Gasteiger partial charge in [0.2, 0.25) is 0 Å². The number of benzene rings is 11. The standard InChI is InChI=1S/C63H46/c1-2-19-43-20-17-27-49(38-43)62-56-32-13-15-34-58(56)63(59-35-16-14-33-57(59)62)50-37-36-48-40-51(47-26-18-25-46(39-47)44-21-5-3-6-22-44)42-61(60(48)41-50)55-31-12-11-30-54(55)53-29-10-9-28-52(53)45-23-7-4-8-24-45/h3-18,20-42H,2,19H2,1H3. The summed E-state index contributed by atoms with van der Waals surface area (Å²) in [4.78, 5) is 0. The Hall–Kier alpha value is -7.80. The van der Waals surface area contributed by atoms with E-state index in [1.165, 1.54) is 116 Å². The van der Waals surface area contributed by atoms with Crippen molar-refractivity contribution < 1.29 is 0 Å². The lowest BCUT2D eigenvalue weighted by atomic mass is 9.83. The molecule has 63 heavy (non-hydrogen) atoms. The second-order valence-corrected chi connectivity index (χ2v) is 16.7. The highest BCUT2D eigenvalue weighted by molar-refractivity contribution is 6.22. The average Bonchev–Trinajstić information content (AvgIpc) is 3.36. The van der Waals surface area contributed by atoms with Crippen LogP contribution >= 0.6 is 0 Å². The SMILES string of the molecule is CCCc1cccc(-c2c3ccccc3c(-c3ccc4cc(-c5cccc(-c6ccccc6)c5)cc(-c5ccccc5-c5ccccc5-c5ccccc5)c4c3)c3ccccc23)c1. The quantitative estimate of drug-likeness (QED) is 0.128. The molecule has 0 fully saturated rings. The Bertz CT molecular complexity index is 3390. The zero-order chi connectivity index (χ0) is 42.1. The van der Waals surface area contributed by atoms with Crippen LogP contribution in [0.3, 0.4) is 0 Å². The average molecular weight is 803 g/mol. The topological polar surface area (TPSA) is 0 Å². The van der Waals surface area contributed by atoms with Gasteiger partial charge in [0, 0.05) is 0 Å². The van der Waals surface area contributed by atoms with Crippen molar-refractivity contribution in [2.75, 3.05) is 0 Å². The molecule has 0 spiro atoms. The van der Waals surface area contributed by atoms with Crippen molar-refractivity contribution >= 4 is 32.3 Å². The highest BCUT2D eigenvalue weighted by atomic mass is 14.2. The summed E-state index contributed by atoms with van der Waals surface area (Å²) >= 11 is 0. The van der Waals surface area contributed by atoms with Crippen LogP contribution in [0.15, 0.2) is 237 Å². The summed E-state index contributed by atoms with van der Waals surface area (Å²) in [7, 11) is 0. The van der Waals surface area contributed by atoms with Crippen LogP contribution in [0.5, 0.6) is 0 Å². The molecular weight excluding hydrogens is 757 g/mol. The first-order valence-corrected chi connectivity index (χ1v) is 22.2. The van der Waals surface area contributed by atoms with E-state index in [-0.39, 0.29) is 0 Å². The lowest BCUT2D eigenvalue weighted by molar-refractivity contribution is 0.922. The van der Waals surface area contributed by atoms with E-state index in [0.29, 0.717) is 0 Å². The second-order valence-electron chi connectivity index (χ2n) is 16.7. The second kappa shape index (κ2) is 16.6. The number of hydrogen-bond acceptors (Lipinski definition) is 0. The van der Waals surface area contributed by atoms with Gasteiger partial charge in [-0.2, -0.15) is 0 Å². The largest absolute Gasteiger partial charge is 0.0651 e. The van der Waals surface area contributed by atoms with Gasteiger partial charge in [0.15, 0.2) is 0 Å². The molecule has 0 aliphatic heterocycles. The lowest BCUT2D eigenvalue weighted by Crippen LogP contribution is -1.93. The van der Waals surface area contributed by atoms with Crippen LogP contribution in [0.4, 0.5) is 0 Å². The van der Waals surface area contributed by atoms with Gasteiger partial charge in [0.25, 0.3) is 0 Å². The molecule has 0 heteroatoms. The molecule has 0 N–H and O–H groups in total. The maximum Gasteiger partial charge on any atom is -0.00261 e. The smallest absolute Gasteiger partial charge is 0.00261 e. The van der Waals surface area contributed by atoms with E-state index < -0.39 is 0 Å². The molecule has 0 saturated heterocycles. The maximum atomic E-state index is 2.46. The summed E-state index contributed by atoms with van der Waals surface area (Å²) in [5, 5.41) is 7.51. The fourth-order valence-electron chi connectivity index (χ4n) is 9.87. The van der Waals surface area contributed by atoms with Gasteiger partial charge in [-0.3, -0.25) is 0 Å². The summed E-state index contributed by atoms with van der Waals surface area (Å²) in [6, 6.07) is 87.5. The van der Waals surface area contributed by atoms with Gasteiger partial charge in [0.05, 0.1) is 0 Å². The van der Waals surface area contributed by atoms with Gasteiger partial charge in [0.1, 0.15) is 0 Å². The number of aryl methyl sites for hydroxylation is 1. The van der Waals surface area contributed by atoms with Crippen LogP contribution in [0, 0.1) is 0 Å². The molecular formula is C63H46. The van der Waals surface area contributed by atoms with Crippen LogP contribution in [0.1, 0.15) is 18.9 Å². The Morgan fingerprint density at radius 3 is 1.33 bits per heavy atom. The van der Waals surface area contributed by atoms with Crippen molar-refractivity contribution in [3.8, 4) is 77.9 Å². The molecule has 0 unspecified atom stereocenters. The van der Waals surface area contributed by atoms with Gasteiger partial charge < -0.3 is 0 Å². The van der Waals surface area contributed by atoms with Crippen LogP contribution in [0.2, 0.25) is 0 Å². The Balaban J connectivity index is 1.17. The van der Waals surface area contributed by atoms with Gasteiger partial charge in [-0.25, -0.2) is 0 Å². The summed E-state index contributed by atoms with van der Waals surface area (Å²) in [6.07, 6.45) is 2.20. The van der Waals surface area contributed by atoms with Crippen molar-refractivity contribution in [3.05, 3.63) is 242 Å². The minimum Gasteiger partial charge on any atom is -0.0651 e. The molecule has 11 rings (SSSR count). The van der Waals surface area contributed by atoms with E-state index in [2.05, 4.69) is 244 Å². The van der Waals surface area contributed by atoms with E-state index in [4.69, 9.17) is 0 Å². The third-order valence-electron chi connectivity index (χ3n) is 12.8. The fourth-order valence-corrected chi connectivity index (χ4v) is 9.87. The maximum absolute atomic E-state index is 2.46. The van der Waals surface area contributed by atoms with Crippen LogP contribution in [-0.4, -0.2) is 0 Å². The molecule has 11 aromatic carbocycles. The Labute approximate surface area is 370 Å². The number of rotatable bonds is 9. The van der Waals surface area contributed by atoms with Crippen LogP contribution in [-0.2, 0) is 6.42 Å². The van der Waals surface area contributed by atoms with E-state index in [1.807, 2.05) is 0 Å². The summed E-state index contributed by atoms with van der Waals surface area (Å²) in [6.45, 7) is 2.26. The molecule has 0 aliphatic carbocycles. The van der Waals surface area contributed by atoms with E-state index in [0.717, 1.165) is 12.8 Å². The van der Waals surface area contributed by atoms with E-state index >= 15 is 0 Å². The normalized spacial score (nSPS) is 11.4. The van der Waals surface area contributed by atoms with Gasteiger partial charge in [-0.1, -0.05) is 226 Å². The molecule has 298 valence electrons. The van der Waals surface area contributed by atoms with Crippen molar-refractivity contribution in [2.24, 2.45) is 0 Å². The first-order valence-electron chi connectivity index (χ1n) is 22.2. The van der Waals surface area contributed by atoms with Crippen LogP contribution < -0.4 is 0 Å². The molecule has 0 nitrogen and oxygen atoms in total. The van der Waals surface area contributed by atoms with E-state index in [9.17, 15) is 0 Å². The lowest BCUT2D eigenvalue weighted by Gasteiger charge is -2.20. The zero-order valence-corrected chi connectivity index (χ0v) is 35.4. The molecule has 0 radical (unpaired) electrons. The molecule has 0 saturated carbocycles. The van der Waals surface area contributed by atoms with Crippen molar-refractivity contribution in [3.63, 3.8) is 0 Å². The monoisotopic (exact) mass is 802 g/mol. The van der Waals surface area contributed by atoms with Gasteiger partial charge >= 0.3 is 0 Å². The highest BCUT2D eigenvalue weighted by Crippen LogP contribution is 2.47. The number of hydrogen-bond donors (Lipinski definition) is 0. The van der Waals surface area contributed by atoms with Crippen LogP contribution in [0.25, 0.3) is 110 Å². The minimum absolute atomic E-state index is 1.07. The first kappa shape index (κ1) is 38.1. The van der Waals surface area contributed by atoms with Crippen molar-refractivity contribution in [2.45, 2.75) is 19.8 Å². The molecule has 0 atom stereocenters. The Kier molecular flexibility index (Phi) is 10.0. The number of fused-ring (bicyclic) bond motifs is 3. The summed E-state index contributed by atoms with van der Waals surface area (Å²) in [5.74, 6) is 0. The fraction of sp³-hybridized carbons (Fsp3) is 0.0476. The highest BCUT2D eigenvalue weighted by Gasteiger charge is 2.20. The summed E-state index contributed by atoms with van der Waals surface area (Å²) in [5.41, 5.74) is 18.5. The molecule has 0 heterocycles. The third-order valence-corrected chi connectivity index (χ3v) is 12.8. The molecule has 0 aliphatic rings. The third kappa shape index (κ3) is 7.10. The Morgan fingerprint density at radius 1 is 0.254 bits per heavy atom. The predicted molar refractivity (Wildman–Crippen MR) is 271 cm³/mol. The molecule has 0 bridgehead atoms.